The Hall–Kier alpha value is -2.18. The Kier molecular flexibility index (Phi) is 4.59. The van der Waals surface area contributed by atoms with Gasteiger partial charge >= 0.3 is 5.97 Å². The van der Waals surface area contributed by atoms with Crippen molar-refractivity contribution < 1.29 is 19.2 Å². The Balaban J connectivity index is 2.74. The lowest BCUT2D eigenvalue weighted by atomic mass is 10.1. The Morgan fingerprint density at radius 2 is 2.28 bits per heavy atom. The maximum absolute atomic E-state index is 13.0. The van der Waals surface area contributed by atoms with Gasteiger partial charge in [-0.25, -0.2) is 4.39 Å². The van der Waals surface area contributed by atoms with Crippen LogP contribution in [0.2, 0.25) is 0 Å². The zero-order valence-electron chi connectivity index (χ0n) is 9.72. The molecule has 7 heteroatoms. The number of halogens is 1. The fourth-order valence-electron chi connectivity index (χ4n) is 1.46. The van der Waals surface area contributed by atoms with Crippen LogP contribution in [0.3, 0.4) is 0 Å². The SMILES string of the molecule is CC(CNc1cc(F)ccc1[N+](=O)[O-])CC(=O)O. The van der Waals surface area contributed by atoms with Crippen molar-refractivity contribution in [1.29, 1.82) is 0 Å². The molecule has 2 N–H and O–H groups in total. The predicted molar refractivity (Wildman–Crippen MR) is 63.0 cm³/mol. The molecule has 0 aliphatic heterocycles. The smallest absolute Gasteiger partial charge is 0.303 e. The van der Waals surface area contributed by atoms with E-state index in [1.54, 1.807) is 6.92 Å². The highest BCUT2D eigenvalue weighted by atomic mass is 19.1. The minimum absolute atomic E-state index is 0.0530. The van der Waals surface area contributed by atoms with Crippen molar-refractivity contribution >= 4 is 17.3 Å². The number of nitro benzene ring substituents is 1. The van der Waals surface area contributed by atoms with Crippen molar-refractivity contribution in [2.75, 3.05) is 11.9 Å². The predicted octanol–water partition coefficient (Wildman–Crippen LogP) is 2.26. The van der Waals surface area contributed by atoms with E-state index in [2.05, 4.69) is 5.32 Å². The third-order valence-corrected chi connectivity index (χ3v) is 2.32. The Bertz CT molecular complexity index is 464. The average molecular weight is 256 g/mol. The molecule has 1 atom stereocenters. The first-order valence-corrected chi connectivity index (χ1v) is 5.29. The van der Waals surface area contributed by atoms with Crippen molar-refractivity contribution in [2.45, 2.75) is 13.3 Å². The number of anilines is 1. The lowest BCUT2D eigenvalue weighted by Crippen LogP contribution is -2.15. The average Bonchev–Trinajstić information content (AvgIpc) is 2.25. The molecule has 0 bridgehead atoms. The Labute approximate surface area is 103 Å². The summed E-state index contributed by atoms with van der Waals surface area (Å²) in [5.74, 6) is -1.75. The normalized spacial score (nSPS) is 11.9. The zero-order valence-corrected chi connectivity index (χ0v) is 9.72. The summed E-state index contributed by atoms with van der Waals surface area (Å²) < 4.78 is 13.0. The molecule has 0 saturated heterocycles. The van der Waals surface area contributed by atoms with E-state index in [0.717, 1.165) is 18.2 Å². The van der Waals surface area contributed by atoms with Gasteiger partial charge in [0.15, 0.2) is 0 Å². The van der Waals surface area contributed by atoms with Crippen molar-refractivity contribution in [3.63, 3.8) is 0 Å². The maximum atomic E-state index is 13.0. The van der Waals surface area contributed by atoms with Crippen LogP contribution in [0.4, 0.5) is 15.8 Å². The second kappa shape index (κ2) is 5.95. The molecule has 0 heterocycles. The summed E-state index contributed by atoms with van der Waals surface area (Å²) in [6.45, 7) is 1.91. The van der Waals surface area contributed by atoms with Gasteiger partial charge in [-0.3, -0.25) is 14.9 Å². The molecule has 18 heavy (non-hydrogen) atoms. The molecule has 1 aromatic carbocycles. The molecule has 0 spiro atoms. The summed E-state index contributed by atoms with van der Waals surface area (Å²) in [5, 5.41) is 22.0. The van der Waals surface area contributed by atoms with E-state index in [4.69, 9.17) is 5.11 Å². The molecular formula is C11H13FN2O4. The van der Waals surface area contributed by atoms with Crippen LogP contribution in [-0.4, -0.2) is 22.5 Å². The molecule has 1 aromatic rings. The van der Waals surface area contributed by atoms with Crippen LogP contribution in [-0.2, 0) is 4.79 Å². The van der Waals surface area contributed by atoms with Gasteiger partial charge in [-0.2, -0.15) is 0 Å². The summed E-state index contributed by atoms with van der Waals surface area (Å²) in [5.41, 5.74) is -0.184. The lowest BCUT2D eigenvalue weighted by Gasteiger charge is -2.11. The van der Waals surface area contributed by atoms with E-state index < -0.39 is 16.7 Å². The number of aliphatic carboxylic acids is 1. The van der Waals surface area contributed by atoms with Crippen molar-refractivity contribution in [1.82, 2.24) is 0 Å². The molecule has 1 rings (SSSR count). The van der Waals surface area contributed by atoms with E-state index >= 15 is 0 Å². The molecule has 0 fully saturated rings. The molecular weight excluding hydrogens is 243 g/mol. The molecule has 0 aromatic heterocycles. The molecule has 0 aliphatic carbocycles. The quantitative estimate of drug-likeness (QED) is 0.601. The number of nitrogens with one attached hydrogen (secondary N) is 1. The van der Waals surface area contributed by atoms with Crippen LogP contribution in [0, 0.1) is 21.8 Å². The van der Waals surface area contributed by atoms with Gasteiger partial charge in [0, 0.05) is 25.1 Å². The second-order valence-corrected chi connectivity index (χ2v) is 4.00. The van der Waals surface area contributed by atoms with Crippen molar-refractivity contribution in [2.24, 2.45) is 5.92 Å². The number of hydrogen-bond acceptors (Lipinski definition) is 4. The molecule has 0 radical (unpaired) electrons. The number of benzene rings is 1. The van der Waals surface area contributed by atoms with Crippen LogP contribution in [0.25, 0.3) is 0 Å². The largest absolute Gasteiger partial charge is 0.481 e. The summed E-state index contributed by atoms with van der Waals surface area (Å²) >= 11 is 0. The van der Waals surface area contributed by atoms with E-state index in [9.17, 15) is 19.3 Å². The van der Waals surface area contributed by atoms with E-state index in [1.807, 2.05) is 0 Å². The minimum Gasteiger partial charge on any atom is -0.481 e. The van der Waals surface area contributed by atoms with Gasteiger partial charge in [-0.05, 0) is 12.0 Å². The third-order valence-electron chi connectivity index (χ3n) is 2.32. The summed E-state index contributed by atoms with van der Waals surface area (Å²) in [6, 6.07) is 3.09. The zero-order chi connectivity index (χ0) is 13.7. The van der Waals surface area contributed by atoms with Gasteiger partial charge in [0.25, 0.3) is 5.69 Å². The molecule has 0 saturated carbocycles. The third kappa shape index (κ3) is 4.00. The van der Waals surface area contributed by atoms with Gasteiger partial charge in [-0.15, -0.1) is 0 Å². The molecule has 0 amide bonds. The Morgan fingerprint density at radius 3 is 2.83 bits per heavy atom. The number of nitro groups is 1. The second-order valence-electron chi connectivity index (χ2n) is 4.00. The Morgan fingerprint density at radius 1 is 1.61 bits per heavy atom. The van der Waals surface area contributed by atoms with E-state index in [-0.39, 0.29) is 30.3 Å². The highest BCUT2D eigenvalue weighted by molar-refractivity contribution is 5.67. The first-order chi connectivity index (χ1) is 8.40. The van der Waals surface area contributed by atoms with Crippen molar-refractivity contribution in [3.8, 4) is 0 Å². The monoisotopic (exact) mass is 256 g/mol. The van der Waals surface area contributed by atoms with Crippen LogP contribution in [0.15, 0.2) is 18.2 Å². The van der Waals surface area contributed by atoms with Gasteiger partial charge in [0.2, 0.25) is 0 Å². The van der Waals surface area contributed by atoms with Crippen LogP contribution >= 0.6 is 0 Å². The number of carboxylic acid groups (broad SMARTS) is 1. The van der Waals surface area contributed by atoms with Crippen LogP contribution < -0.4 is 5.32 Å². The van der Waals surface area contributed by atoms with Crippen LogP contribution in [0.5, 0.6) is 0 Å². The lowest BCUT2D eigenvalue weighted by molar-refractivity contribution is -0.384. The van der Waals surface area contributed by atoms with E-state index in [0.29, 0.717) is 0 Å². The van der Waals surface area contributed by atoms with Crippen LogP contribution in [0.1, 0.15) is 13.3 Å². The first kappa shape index (κ1) is 13.9. The summed E-state index contributed by atoms with van der Waals surface area (Å²) in [4.78, 5) is 20.5. The number of rotatable bonds is 6. The minimum atomic E-state index is -0.946. The van der Waals surface area contributed by atoms with Gasteiger partial charge < -0.3 is 10.4 Å². The highest BCUT2D eigenvalue weighted by Crippen LogP contribution is 2.25. The number of hydrogen-bond donors (Lipinski definition) is 2. The molecule has 1 unspecified atom stereocenters. The van der Waals surface area contributed by atoms with E-state index in [1.165, 1.54) is 0 Å². The maximum Gasteiger partial charge on any atom is 0.303 e. The van der Waals surface area contributed by atoms with Gasteiger partial charge in [0.1, 0.15) is 11.5 Å². The topological polar surface area (TPSA) is 92.5 Å². The molecule has 0 aliphatic rings. The first-order valence-electron chi connectivity index (χ1n) is 5.29. The summed E-state index contributed by atoms with van der Waals surface area (Å²) in [6.07, 6.45) is -0.0594. The number of carbonyl (C=O) groups is 1. The van der Waals surface area contributed by atoms with Gasteiger partial charge in [0.05, 0.1) is 4.92 Å². The highest BCUT2D eigenvalue weighted by Gasteiger charge is 2.15. The fraction of sp³-hybridized carbons (Fsp3) is 0.364. The summed E-state index contributed by atoms with van der Waals surface area (Å²) in [7, 11) is 0. The number of nitrogens with zero attached hydrogens (tertiary/aromatic N) is 1. The fourth-order valence-corrected chi connectivity index (χ4v) is 1.46. The molecule has 6 nitrogen and oxygen atoms in total. The standard InChI is InChI=1S/C11H13FN2O4/c1-7(4-11(15)16)6-13-9-5-8(12)2-3-10(9)14(17)18/h2-3,5,7,13H,4,6H2,1H3,(H,15,16). The number of carboxylic acids is 1. The van der Waals surface area contributed by atoms with Crippen molar-refractivity contribution in [3.05, 3.63) is 34.1 Å². The molecule has 98 valence electrons. The van der Waals surface area contributed by atoms with Gasteiger partial charge in [-0.1, -0.05) is 6.92 Å².